The zero-order chi connectivity index (χ0) is 21.2. The molecule has 1 aromatic rings. The number of nitrogens with zero attached hydrogens (tertiary/aromatic N) is 1. The van der Waals surface area contributed by atoms with Crippen molar-refractivity contribution in [1.29, 1.82) is 0 Å². The van der Waals surface area contributed by atoms with Gasteiger partial charge in [-0.2, -0.15) is 0 Å². The zero-order valence-electron chi connectivity index (χ0n) is 16.0. The first kappa shape index (κ1) is 21.4. The van der Waals surface area contributed by atoms with Crippen molar-refractivity contribution in [2.75, 3.05) is 26.3 Å². The highest BCUT2D eigenvalue weighted by Crippen LogP contribution is 2.32. The molecule has 3 rings (SSSR count). The van der Waals surface area contributed by atoms with Crippen LogP contribution in [0.5, 0.6) is 0 Å². The molecule has 1 aromatic carbocycles. The van der Waals surface area contributed by atoms with E-state index in [1.165, 1.54) is 11.8 Å². The maximum Gasteiger partial charge on any atom is 0.410 e. The minimum atomic E-state index is -1.24. The molecule has 1 aliphatic heterocycles. The van der Waals surface area contributed by atoms with Gasteiger partial charge < -0.3 is 24.8 Å². The molecule has 0 atom stereocenters. The quantitative estimate of drug-likeness (QED) is 0.541. The molecule has 0 radical (unpaired) electrons. The largest absolute Gasteiger partial charge is 0.464 e. The fraction of sp³-hybridized carbons (Fsp3) is 0.579. The SMILES string of the molecule is CC(=O)OCC1(N)CN(C(=O)OC2CC(COCc3cc(F)c(F)cc3F)C2)C1. The maximum atomic E-state index is 13.5. The average Bonchev–Trinajstić information content (AvgIpc) is 2.59. The molecule has 0 unspecified atom stereocenters. The highest BCUT2D eigenvalue weighted by molar-refractivity contribution is 5.70. The number of benzene rings is 1. The third kappa shape index (κ3) is 5.39. The highest BCUT2D eigenvalue weighted by Gasteiger charge is 2.45. The normalized spacial score (nSPS) is 22.4. The van der Waals surface area contributed by atoms with Crippen LogP contribution in [0.3, 0.4) is 0 Å². The van der Waals surface area contributed by atoms with Crippen molar-refractivity contribution >= 4 is 12.1 Å². The fourth-order valence-electron chi connectivity index (χ4n) is 3.31. The van der Waals surface area contributed by atoms with E-state index in [0.717, 1.165) is 6.07 Å². The summed E-state index contributed by atoms with van der Waals surface area (Å²) in [4.78, 5) is 24.3. The topological polar surface area (TPSA) is 91.1 Å². The molecule has 29 heavy (non-hydrogen) atoms. The third-order valence-corrected chi connectivity index (χ3v) is 4.99. The number of rotatable bonds is 7. The van der Waals surface area contributed by atoms with Crippen LogP contribution in [-0.2, 0) is 25.6 Å². The third-order valence-electron chi connectivity index (χ3n) is 4.99. The Hall–Kier alpha value is -2.33. The molecule has 7 nitrogen and oxygen atoms in total. The van der Waals surface area contributed by atoms with Crippen LogP contribution in [0.25, 0.3) is 0 Å². The fourth-order valence-corrected chi connectivity index (χ4v) is 3.31. The number of amides is 1. The maximum absolute atomic E-state index is 13.5. The minimum Gasteiger partial charge on any atom is -0.464 e. The van der Waals surface area contributed by atoms with Crippen molar-refractivity contribution in [2.24, 2.45) is 11.7 Å². The summed E-state index contributed by atoms with van der Waals surface area (Å²) in [7, 11) is 0. The van der Waals surface area contributed by atoms with E-state index >= 15 is 0 Å². The Morgan fingerprint density at radius 2 is 1.83 bits per heavy atom. The van der Waals surface area contributed by atoms with Crippen molar-refractivity contribution < 1.29 is 37.0 Å². The van der Waals surface area contributed by atoms with E-state index in [1.807, 2.05) is 0 Å². The highest BCUT2D eigenvalue weighted by atomic mass is 19.2. The number of hydrogen-bond donors (Lipinski definition) is 1. The molecule has 10 heteroatoms. The van der Waals surface area contributed by atoms with Crippen LogP contribution in [0.1, 0.15) is 25.3 Å². The van der Waals surface area contributed by atoms with Crippen molar-refractivity contribution in [3.8, 4) is 0 Å². The van der Waals surface area contributed by atoms with Gasteiger partial charge in [-0.15, -0.1) is 0 Å². The number of esters is 1. The lowest BCUT2D eigenvalue weighted by Gasteiger charge is -2.47. The second-order valence-corrected chi connectivity index (χ2v) is 7.71. The van der Waals surface area contributed by atoms with Gasteiger partial charge in [0, 0.05) is 31.6 Å². The van der Waals surface area contributed by atoms with Crippen molar-refractivity contribution in [3.63, 3.8) is 0 Å². The van der Waals surface area contributed by atoms with Crippen LogP contribution in [0.2, 0.25) is 0 Å². The molecule has 2 aliphatic rings. The van der Waals surface area contributed by atoms with Gasteiger partial charge in [-0.1, -0.05) is 0 Å². The molecule has 1 saturated heterocycles. The Morgan fingerprint density at radius 1 is 1.17 bits per heavy atom. The molecule has 0 aromatic heterocycles. The second-order valence-electron chi connectivity index (χ2n) is 7.71. The molecule has 2 fully saturated rings. The molecule has 1 saturated carbocycles. The van der Waals surface area contributed by atoms with E-state index in [2.05, 4.69) is 0 Å². The van der Waals surface area contributed by atoms with E-state index in [4.69, 9.17) is 19.9 Å². The second kappa shape index (κ2) is 8.58. The summed E-state index contributed by atoms with van der Waals surface area (Å²) in [5.41, 5.74) is 5.20. The van der Waals surface area contributed by atoms with Crippen molar-refractivity contribution in [1.82, 2.24) is 4.90 Å². The van der Waals surface area contributed by atoms with Crippen LogP contribution >= 0.6 is 0 Å². The molecular weight excluding hydrogens is 393 g/mol. The minimum absolute atomic E-state index is 0.0491. The standard InChI is InChI=1S/C19H23F3N2O5/c1-11(25)28-10-19(23)8-24(9-19)18(26)29-14-2-12(3-14)6-27-7-13-4-16(21)17(22)5-15(13)20/h4-5,12,14H,2-3,6-10,23H2,1H3. The van der Waals surface area contributed by atoms with Crippen molar-refractivity contribution in [3.05, 3.63) is 35.1 Å². The number of carbonyl (C=O) groups excluding carboxylic acids is 2. The van der Waals surface area contributed by atoms with Crippen molar-refractivity contribution in [2.45, 2.75) is 38.0 Å². The summed E-state index contributed by atoms with van der Waals surface area (Å²) in [6, 6.07) is 1.27. The van der Waals surface area contributed by atoms with Gasteiger partial charge in [-0.3, -0.25) is 4.79 Å². The predicted octanol–water partition coefficient (Wildman–Crippen LogP) is 2.11. The molecule has 1 heterocycles. The summed E-state index contributed by atoms with van der Waals surface area (Å²) >= 11 is 0. The molecule has 1 aliphatic carbocycles. The molecular formula is C19H23F3N2O5. The molecule has 2 N–H and O–H groups in total. The van der Waals surface area contributed by atoms with E-state index in [9.17, 15) is 22.8 Å². The van der Waals surface area contributed by atoms with Crippen LogP contribution < -0.4 is 5.73 Å². The van der Waals surface area contributed by atoms with Gasteiger partial charge in [0.15, 0.2) is 11.6 Å². The number of ether oxygens (including phenoxy) is 3. The van der Waals surface area contributed by atoms with Crippen LogP contribution in [0, 0.1) is 23.4 Å². The van der Waals surface area contributed by atoms with E-state index in [-0.39, 0.29) is 43.9 Å². The van der Waals surface area contributed by atoms with Gasteiger partial charge in [0.05, 0.1) is 18.8 Å². The number of halogens is 3. The predicted molar refractivity (Wildman–Crippen MR) is 94.1 cm³/mol. The monoisotopic (exact) mass is 416 g/mol. The molecule has 0 spiro atoms. The van der Waals surface area contributed by atoms with E-state index < -0.39 is 35.1 Å². The first-order valence-electron chi connectivity index (χ1n) is 9.24. The molecule has 160 valence electrons. The van der Waals surface area contributed by atoms with Gasteiger partial charge in [0.1, 0.15) is 18.5 Å². The van der Waals surface area contributed by atoms with Crippen LogP contribution in [0.4, 0.5) is 18.0 Å². The Kier molecular flexibility index (Phi) is 6.33. The Bertz CT molecular complexity index is 779. The van der Waals surface area contributed by atoms with E-state index in [1.54, 1.807) is 0 Å². The Balaban J connectivity index is 1.30. The summed E-state index contributed by atoms with van der Waals surface area (Å²) in [5.74, 6) is -3.51. The number of likely N-dealkylation sites (tertiary alicyclic amines) is 1. The smallest absolute Gasteiger partial charge is 0.410 e. The average molecular weight is 416 g/mol. The lowest BCUT2D eigenvalue weighted by atomic mass is 9.83. The first-order valence-corrected chi connectivity index (χ1v) is 9.24. The van der Waals surface area contributed by atoms with Gasteiger partial charge in [-0.05, 0) is 24.8 Å². The van der Waals surface area contributed by atoms with Gasteiger partial charge in [0.2, 0.25) is 0 Å². The van der Waals surface area contributed by atoms with Gasteiger partial charge in [0.25, 0.3) is 0 Å². The number of hydrogen-bond acceptors (Lipinski definition) is 6. The lowest BCUT2D eigenvalue weighted by Crippen LogP contribution is -2.71. The summed E-state index contributed by atoms with van der Waals surface area (Å²) < 4.78 is 55.2. The van der Waals surface area contributed by atoms with Gasteiger partial charge in [-0.25, -0.2) is 18.0 Å². The Labute approximate surface area is 165 Å². The van der Waals surface area contributed by atoms with Gasteiger partial charge >= 0.3 is 12.1 Å². The van der Waals surface area contributed by atoms with Crippen LogP contribution in [-0.4, -0.2) is 54.9 Å². The summed E-state index contributed by atoms with van der Waals surface area (Å²) in [6.07, 6.45) is 0.488. The number of carbonyl (C=O) groups is 2. The number of nitrogens with two attached hydrogens (primary N) is 1. The molecule has 1 amide bonds. The lowest BCUT2D eigenvalue weighted by molar-refractivity contribution is -0.144. The summed E-state index contributed by atoms with van der Waals surface area (Å²) in [6.45, 7) is 1.96. The summed E-state index contributed by atoms with van der Waals surface area (Å²) in [5, 5.41) is 0. The first-order chi connectivity index (χ1) is 13.6. The Morgan fingerprint density at radius 3 is 2.48 bits per heavy atom. The zero-order valence-corrected chi connectivity index (χ0v) is 16.0. The van der Waals surface area contributed by atoms with E-state index in [0.29, 0.717) is 25.5 Å². The van der Waals surface area contributed by atoms with Crippen LogP contribution in [0.15, 0.2) is 12.1 Å². The molecule has 0 bridgehead atoms.